The SMILES string of the molecule is CC1CNCCN(c2cccnc2)S1(=O)=O. The van der Waals surface area contributed by atoms with Gasteiger partial charge in [-0.2, -0.15) is 0 Å². The molecular formula is C10H15N3O2S. The molecule has 0 spiro atoms. The van der Waals surface area contributed by atoms with E-state index in [1.165, 1.54) is 4.31 Å². The van der Waals surface area contributed by atoms with Gasteiger partial charge in [-0.1, -0.05) is 0 Å². The van der Waals surface area contributed by atoms with Crippen molar-refractivity contribution in [1.82, 2.24) is 10.3 Å². The lowest BCUT2D eigenvalue weighted by atomic mass is 10.4. The maximum Gasteiger partial charge on any atom is 0.239 e. The first-order valence-corrected chi connectivity index (χ1v) is 6.75. The van der Waals surface area contributed by atoms with E-state index >= 15 is 0 Å². The zero-order valence-corrected chi connectivity index (χ0v) is 9.94. The summed E-state index contributed by atoms with van der Waals surface area (Å²) in [5.74, 6) is 0. The van der Waals surface area contributed by atoms with E-state index in [1.54, 1.807) is 31.5 Å². The van der Waals surface area contributed by atoms with Gasteiger partial charge in [0, 0.05) is 25.8 Å². The van der Waals surface area contributed by atoms with Gasteiger partial charge in [0.15, 0.2) is 0 Å². The van der Waals surface area contributed by atoms with E-state index < -0.39 is 15.3 Å². The Labute approximate surface area is 95.5 Å². The fraction of sp³-hybridized carbons (Fsp3) is 0.500. The summed E-state index contributed by atoms with van der Waals surface area (Å²) >= 11 is 0. The third-order valence-corrected chi connectivity index (χ3v) is 4.86. The molecule has 1 aliphatic heterocycles. The summed E-state index contributed by atoms with van der Waals surface area (Å²) in [7, 11) is -3.26. The Balaban J connectivity index is 2.39. The maximum absolute atomic E-state index is 12.2. The number of aromatic nitrogens is 1. The monoisotopic (exact) mass is 241 g/mol. The van der Waals surface area contributed by atoms with Crippen molar-refractivity contribution < 1.29 is 8.42 Å². The van der Waals surface area contributed by atoms with Gasteiger partial charge in [-0.25, -0.2) is 8.42 Å². The van der Waals surface area contributed by atoms with Crippen LogP contribution in [0.25, 0.3) is 0 Å². The van der Waals surface area contributed by atoms with E-state index in [-0.39, 0.29) is 0 Å². The van der Waals surface area contributed by atoms with Gasteiger partial charge >= 0.3 is 0 Å². The standard InChI is InChI=1S/C10H15N3O2S/c1-9-7-12-5-6-13(16(9,14)15)10-3-2-4-11-8-10/h2-4,8-9,12H,5-7H2,1H3. The Kier molecular flexibility index (Phi) is 3.11. The zero-order valence-electron chi connectivity index (χ0n) is 9.13. The molecular weight excluding hydrogens is 226 g/mol. The Morgan fingerprint density at radius 3 is 3.06 bits per heavy atom. The number of anilines is 1. The third-order valence-electron chi connectivity index (χ3n) is 2.67. The quantitative estimate of drug-likeness (QED) is 0.763. The van der Waals surface area contributed by atoms with Crippen molar-refractivity contribution in [3.8, 4) is 0 Å². The number of nitrogens with zero attached hydrogens (tertiary/aromatic N) is 2. The van der Waals surface area contributed by atoms with Gasteiger partial charge in [0.05, 0.1) is 17.1 Å². The molecule has 1 aromatic rings. The van der Waals surface area contributed by atoms with Crippen LogP contribution in [0.1, 0.15) is 6.92 Å². The molecule has 1 fully saturated rings. The molecule has 0 bridgehead atoms. The number of nitrogens with one attached hydrogen (secondary N) is 1. The van der Waals surface area contributed by atoms with Crippen LogP contribution in [0.2, 0.25) is 0 Å². The Bertz CT molecular complexity index is 446. The van der Waals surface area contributed by atoms with Crippen molar-refractivity contribution in [2.75, 3.05) is 23.9 Å². The topological polar surface area (TPSA) is 62.3 Å². The lowest BCUT2D eigenvalue weighted by Gasteiger charge is -2.23. The van der Waals surface area contributed by atoms with Gasteiger partial charge < -0.3 is 5.32 Å². The molecule has 1 aliphatic rings. The van der Waals surface area contributed by atoms with Crippen molar-refractivity contribution in [3.63, 3.8) is 0 Å². The van der Waals surface area contributed by atoms with Gasteiger partial charge in [-0.3, -0.25) is 9.29 Å². The first kappa shape index (κ1) is 11.3. The van der Waals surface area contributed by atoms with E-state index in [2.05, 4.69) is 10.3 Å². The fourth-order valence-corrected chi connectivity index (χ4v) is 3.22. The highest BCUT2D eigenvalue weighted by molar-refractivity contribution is 7.93. The molecule has 1 saturated heterocycles. The molecule has 1 atom stereocenters. The lowest BCUT2D eigenvalue weighted by Crippen LogP contribution is -2.37. The minimum Gasteiger partial charge on any atom is -0.314 e. The Morgan fingerprint density at radius 2 is 2.38 bits per heavy atom. The van der Waals surface area contributed by atoms with Crippen LogP contribution in [-0.2, 0) is 10.0 Å². The minimum absolute atomic E-state index is 0.407. The molecule has 0 aromatic carbocycles. The first-order valence-electron chi connectivity index (χ1n) is 5.24. The van der Waals surface area contributed by atoms with Crippen molar-refractivity contribution >= 4 is 15.7 Å². The van der Waals surface area contributed by atoms with Crippen LogP contribution in [0.4, 0.5) is 5.69 Å². The Morgan fingerprint density at radius 1 is 1.56 bits per heavy atom. The lowest BCUT2D eigenvalue weighted by molar-refractivity contribution is 0.581. The molecule has 0 aliphatic carbocycles. The number of pyridine rings is 1. The van der Waals surface area contributed by atoms with Gasteiger partial charge in [-0.05, 0) is 19.1 Å². The highest BCUT2D eigenvalue weighted by Crippen LogP contribution is 2.20. The van der Waals surface area contributed by atoms with Crippen LogP contribution in [0, 0.1) is 0 Å². The van der Waals surface area contributed by atoms with Crippen molar-refractivity contribution in [2.45, 2.75) is 12.2 Å². The maximum atomic E-state index is 12.2. The van der Waals surface area contributed by atoms with Gasteiger partial charge in [0.2, 0.25) is 10.0 Å². The van der Waals surface area contributed by atoms with E-state index in [1.807, 2.05) is 0 Å². The molecule has 1 aromatic heterocycles. The second-order valence-electron chi connectivity index (χ2n) is 3.84. The molecule has 0 radical (unpaired) electrons. The van der Waals surface area contributed by atoms with E-state index in [9.17, 15) is 8.42 Å². The average Bonchev–Trinajstić information content (AvgIpc) is 2.41. The second-order valence-corrected chi connectivity index (χ2v) is 6.12. The molecule has 2 heterocycles. The number of rotatable bonds is 1. The predicted octanol–water partition coefficient (Wildman–Crippen LogP) is 0.209. The first-order chi connectivity index (χ1) is 7.62. The number of hydrogen-bond acceptors (Lipinski definition) is 4. The van der Waals surface area contributed by atoms with Crippen molar-refractivity contribution in [3.05, 3.63) is 24.5 Å². The summed E-state index contributed by atoms with van der Waals surface area (Å²) in [4.78, 5) is 3.95. The van der Waals surface area contributed by atoms with Gasteiger partial charge in [0.25, 0.3) is 0 Å². The summed E-state index contributed by atoms with van der Waals surface area (Å²) in [5.41, 5.74) is 0.637. The van der Waals surface area contributed by atoms with Crippen LogP contribution >= 0.6 is 0 Å². The van der Waals surface area contributed by atoms with Gasteiger partial charge in [0.1, 0.15) is 0 Å². The molecule has 16 heavy (non-hydrogen) atoms. The minimum atomic E-state index is -3.26. The van der Waals surface area contributed by atoms with Crippen LogP contribution in [0.15, 0.2) is 24.5 Å². The van der Waals surface area contributed by atoms with E-state index in [0.29, 0.717) is 25.3 Å². The summed E-state index contributed by atoms with van der Waals surface area (Å²) in [6, 6.07) is 3.51. The molecule has 1 unspecified atom stereocenters. The smallest absolute Gasteiger partial charge is 0.239 e. The average molecular weight is 241 g/mol. The van der Waals surface area contributed by atoms with Crippen molar-refractivity contribution in [1.29, 1.82) is 0 Å². The zero-order chi connectivity index (χ0) is 11.6. The van der Waals surface area contributed by atoms with Crippen LogP contribution in [0.3, 0.4) is 0 Å². The summed E-state index contributed by atoms with van der Waals surface area (Å²) < 4.78 is 25.8. The van der Waals surface area contributed by atoms with Crippen LogP contribution < -0.4 is 9.62 Å². The summed E-state index contributed by atoms with van der Waals surface area (Å²) in [6.45, 7) is 3.34. The normalized spacial score (nSPS) is 25.1. The van der Waals surface area contributed by atoms with Crippen molar-refractivity contribution in [2.24, 2.45) is 0 Å². The molecule has 88 valence electrons. The third kappa shape index (κ3) is 2.03. The number of sulfonamides is 1. The highest BCUT2D eigenvalue weighted by atomic mass is 32.2. The van der Waals surface area contributed by atoms with Crippen LogP contribution in [0.5, 0.6) is 0 Å². The van der Waals surface area contributed by atoms with E-state index in [4.69, 9.17) is 0 Å². The molecule has 6 heteroatoms. The number of hydrogen-bond donors (Lipinski definition) is 1. The summed E-state index contributed by atoms with van der Waals surface area (Å²) in [5, 5.41) is 2.70. The molecule has 1 N–H and O–H groups in total. The predicted molar refractivity (Wildman–Crippen MR) is 62.8 cm³/mol. The Hall–Kier alpha value is -1.14. The molecule has 0 amide bonds. The molecule has 2 rings (SSSR count). The van der Waals surface area contributed by atoms with E-state index in [0.717, 1.165) is 0 Å². The highest BCUT2D eigenvalue weighted by Gasteiger charge is 2.30. The fourth-order valence-electron chi connectivity index (χ4n) is 1.71. The largest absolute Gasteiger partial charge is 0.314 e. The van der Waals surface area contributed by atoms with Crippen LogP contribution in [-0.4, -0.2) is 38.3 Å². The van der Waals surface area contributed by atoms with Gasteiger partial charge in [-0.15, -0.1) is 0 Å². The summed E-state index contributed by atoms with van der Waals surface area (Å²) in [6.07, 6.45) is 3.21. The second kappa shape index (κ2) is 4.39. The molecule has 0 saturated carbocycles. The molecule has 5 nitrogen and oxygen atoms in total.